The van der Waals surface area contributed by atoms with Crippen LogP contribution in [0.15, 0.2) is 60.7 Å². The van der Waals surface area contributed by atoms with Crippen molar-refractivity contribution in [1.82, 2.24) is 4.90 Å². The Balaban J connectivity index is 2.01. The highest BCUT2D eigenvalue weighted by Gasteiger charge is 2.20. The third kappa shape index (κ3) is 3.66. The SMILES string of the molecule is C[C@H](C(O)c1ccccc1)N(C)Cc1ccccc1. The molecule has 0 radical (unpaired) electrons. The Labute approximate surface area is 115 Å². The van der Waals surface area contributed by atoms with Crippen LogP contribution in [0.1, 0.15) is 24.2 Å². The Morgan fingerprint density at radius 3 is 2.05 bits per heavy atom. The molecule has 0 aliphatic rings. The van der Waals surface area contributed by atoms with Crippen LogP contribution in [0.5, 0.6) is 0 Å². The highest BCUT2D eigenvalue weighted by molar-refractivity contribution is 5.19. The van der Waals surface area contributed by atoms with Gasteiger partial charge >= 0.3 is 0 Å². The second-order valence-corrected chi connectivity index (χ2v) is 5.00. The van der Waals surface area contributed by atoms with Gasteiger partial charge < -0.3 is 5.11 Å². The second kappa shape index (κ2) is 6.50. The van der Waals surface area contributed by atoms with Crippen molar-refractivity contribution in [3.8, 4) is 0 Å². The van der Waals surface area contributed by atoms with Crippen molar-refractivity contribution in [3.63, 3.8) is 0 Å². The zero-order chi connectivity index (χ0) is 13.7. The van der Waals surface area contributed by atoms with Gasteiger partial charge in [0.15, 0.2) is 0 Å². The molecule has 0 aliphatic carbocycles. The summed E-state index contributed by atoms with van der Waals surface area (Å²) in [6.07, 6.45) is -0.463. The van der Waals surface area contributed by atoms with E-state index < -0.39 is 6.10 Å². The van der Waals surface area contributed by atoms with Crippen molar-refractivity contribution in [2.45, 2.75) is 25.6 Å². The Morgan fingerprint density at radius 2 is 1.47 bits per heavy atom. The van der Waals surface area contributed by atoms with Gasteiger partial charge in [0, 0.05) is 12.6 Å². The Morgan fingerprint density at radius 1 is 0.947 bits per heavy atom. The number of aliphatic hydroxyl groups excluding tert-OH is 1. The van der Waals surface area contributed by atoms with E-state index >= 15 is 0 Å². The molecule has 0 heterocycles. The molecule has 0 saturated heterocycles. The fraction of sp³-hybridized carbons (Fsp3) is 0.294. The normalized spacial score (nSPS) is 14.3. The Hall–Kier alpha value is -1.64. The summed E-state index contributed by atoms with van der Waals surface area (Å²) < 4.78 is 0. The first-order valence-corrected chi connectivity index (χ1v) is 6.65. The lowest BCUT2D eigenvalue weighted by Gasteiger charge is -2.29. The molecule has 0 bridgehead atoms. The number of aliphatic hydroxyl groups is 1. The zero-order valence-corrected chi connectivity index (χ0v) is 11.5. The van der Waals surface area contributed by atoms with Crippen molar-refractivity contribution in [2.75, 3.05) is 7.05 Å². The van der Waals surface area contributed by atoms with E-state index in [0.29, 0.717) is 0 Å². The Bertz CT molecular complexity index is 483. The summed E-state index contributed by atoms with van der Waals surface area (Å²) in [6.45, 7) is 2.90. The summed E-state index contributed by atoms with van der Waals surface area (Å²) in [6, 6.07) is 20.2. The van der Waals surface area contributed by atoms with Crippen LogP contribution < -0.4 is 0 Å². The summed E-state index contributed by atoms with van der Waals surface area (Å²) in [4.78, 5) is 2.17. The van der Waals surface area contributed by atoms with Crippen LogP contribution in [0, 0.1) is 0 Å². The molecule has 0 aromatic heterocycles. The van der Waals surface area contributed by atoms with E-state index in [1.165, 1.54) is 5.56 Å². The molecule has 0 amide bonds. The van der Waals surface area contributed by atoms with Crippen LogP contribution in [0.2, 0.25) is 0 Å². The van der Waals surface area contributed by atoms with Gasteiger partial charge in [-0.3, -0.25) is 4.90 Å². The first-order chi connectivity index (χ1) is 9.18. The molecular formula is C17H21NO. The average Bonchev–Trinajstić information content (AvgIpc) is 2.47. The minimum atomic E-state index is -0.463. The molecule has 2 atom stereocenters. The molecule has 2 rings (SSSR count). The van der Waals surface area contributed by atoms with E-state index in [9.17, 15) is 5.11 Å². The number of nitrogens with zero attached hydrogens (tertiary/aromatic N) is 1. The van der Waals surface area contributed by atoms with E-state index in [2.05, 4.69) is 24.0 Å². The van der Waals surface area contributed by atoms with Crippen molar-refractivity contribution < 1.29 is 5.11 Å². The number of hydrogen-bond acceptors (Lipinski definition) is 2. The van der Waals surface area contributed by atoms with E-state index in [-0.39, 0.29) is 6.04 Å². The van der Waals surface area contributed by atoms with Crippen LogP contribution in [-0.4, -0.2) is 23.1 Å². The molecule has 2 aromatic carbocycles. The van der Waals surface area contributed by atoms with Crippen LogP contribution >= 0.6 is 0 Å². The number of likely N-dealkylation sites (N-methyl/N-ethyl adjacent to an activating group) is 1. The lowest BCUT2D eigenvalue weighted by molar-refractivity contribution is 0.0688. The van der Waals surface area contributed by atoms with Crippen LogP contribution in [0.25, 0.3) is 0 Å². The first kappa shape index (κ1) is 13.8. The van der Waals surface area contributed by atoms with E-state index in [4.69, 9.17) is 0 Å². The van der Waals surface area contributed by atoms with Gasteiger partial charge in [0.2, 0.25) is 0 Å². The van der Waals surface area contributed by atoms with Crippen LogP contribution in [0.4, 0.5) is 0 Å². The van der Waals surface area contributed by atoms with Gasteiger partial charge in [-0.25, -0.2) is 0 Å². The van der Waals surface area contributed by atoms with Crippen molar-refractivity contribution in [2.24, 2.45) is 0 Å². The zero-order valence-electron chi connectivity index (χ0n) is 11.5. The second-order valence-electron chi connectivity index (χ2n) is 5.00. The standard InChI is InChI=1S/C17H21NO/c1-14(17(19)16-11-7-4-8-12-16)18(2)13-15-9-5-3-6-10-15/h3-12,14,17,19H,13H2,1-2H3/t14-,17?/m1/s1. The molecule has 0 saturated carbocycles. The lowest BCUT2D eigenvalue weighted by atomic mass is 10.0. The van der Waals surface area contributed by atoms with E-state index in [1.807, 2.05) is 55.6 Å². The van der Waals surface area contributed by atoms with Gasteiger partial charge in [0.25, 0.3) is 0 Å². The first-order valence-electron chi connectivity index (χ1n) is 6.65. The molecule has 1 N–H and O–H groups in total. The monoisotopic (exact) mass is 255 g/mol. The summed E-state index contributed by atoms with van der Waals surface area (Å²) in [7, 11) is 2.05. The lowest BCUT2D eigenvalue weighted by Crippen LogP contribution is -2.33. The smallest absolute Gasteiger partial charge is 0.0942 e. The topological polar surface area (TPSA) is 23.5 Å². The summed E-state index contributed by atoms with van der Waals surface area (Å²) >= 11 is 0. The third-order valence-corrected chi connectivity index (χ3v) is 3.57. The van der Waals surface area contributed by atoms with Gasteiger partial charge in [0.05, 0.1) is 6.10 Å². The number of rotatable bonds is 5. The fourth-order valence-electron chi connectivity index (χ4n) is 2.19. The molecule has 2 nitrogen and oxygen atoms in total. The maximum absolute atomic E-state index is 10.4. The van der Waals surface area contributed by atoms with Crippen LogP contribution in [0.3, 0.4) is 0 Å². The summed E-state index contributed by atoms with van der Waals surface area (Å²) in [5, 5.41) is 10.4. The fourth-order valence-corrected chi connectivity index (χ4v) is 2.19. The Kier molecular flexibility index (Phi) is 4.72. The molecule has 100 valence electrons. The number of benzene rings is 2. The van der Waals surface area contributed by atoms with Crippen LogP contribution in [-0.2, 0) is 6.54 Å². The van der Waals surface area contributed by atoms with E-state index in [1.54, 1.807) is 0 Å². The average molecular weight is 255 g/mol. The molecule has 1 unspecified atom stereocenters. The third-order valence-electron chi connectivity index (χ3n) is 3.57. The summed E-state index contributed by atoms with van der Waals surface area (Å²) in [5.74, 6) is 0. The van der Waals surface area contributed by atoms with Crippen molar-refractivity contribution >= 4 is 0 Å². The highest BCUT2D eigenvalue weighted by atomic mass is 16.3. The molecule has 0 spiro atoms. The largest absolute Gasteiger partial charge is 0.387 e. The van der Waals surface area contributed by atoms with Gasteiger partial charge in [0.1, 0.15) is 0 Å². The van der Waals surface area contributed by atoms with Gasteiger partial charge in [-0.1, -0.05) is 60.7 Å². The summed E-state index contributed by atoms with van der Waals surface area (Å²) in [5.41, 5.74) is 2.23. The molecule has 0 fully saturated rings. The number of hydrogen-bond donors (Lipinski definition) is 1. The predicted molar refractivity (Wildman–Crippen MR) is 78.8 cm³/mol. The quantitative estimate of drug-likeness (QED) is 0.886. The van der Waals surface area contributed by atoms with Gasteiger partial charge in [-0.2, -0.15) is 0 Å². The van der Waals surface area contributed by atoms with E-state index in [0.717, 1.165) is 12.1 Å². The molecule has 19 heavy (non-hydrogen) atoms. The minimum Gasteiger partial charge on any atom is -0.387 e. The van der Waals surface area contributed by atoms with Gasteiger partial charge in [-0.05, 0) is 25.1 Å². The van der Waals surface area contributed by atoms with Crippen molar-refractivity contribution in [1.29, 1.82) is 0 Å². The molecule has 2 aromatic rings. The highest BCUT2D eigenvalue weighted by Crippen LogP contribution is 2.20. The van der Waals surface area contributed by atoms with Gasteiger partial charge in [-0.15, -0.1) is 0 Å². The maximum Gasteiger partial charge on any atom is 0.0942 e. The predicted octanol–water partition coefficient (Wildman–Crippen LogP) is 3.24. The van der Waals surface area contributed by atoms with Crippen molar-refractivity contribution in [3.05, 3.63) is 71.8 Å². The molecule has 2 heteroatoms. The minimum absolute atomic E-state index is 0.0719. The molecule has 0 aliphatic heterocycles. The maximum atomic E-state index is 10.4. The molecular weight excluding hydrogens is 234 g/mol.